The lowest BCUT2D eigenvalue weighted by molar-refractivity contribution is -0.126. The fourth-order valence-corrected chi connectivity index (χ4v) is 5.49. The summed E-state index contributed by atoms with van der Waals surface area (Å²) in [4.78, 5) is 44.1. The number of hydrogen-bond donors (Lipinski definition) is 3. The minimum atomic E-state index is -0.552. The normalized spacial score (nSPS) is 23.9. The van der Waals surface area contributed by atoms with Gasteiger partial charge in [-0.05, 0) is 31.8 Å². The maximum atomic E-state index is 13.1. The maximum Gasteiger partial charge on any atom is 0.326 e. The molecule has 3 aliphatic heterocycles. The van der Waals surface area contributed by atoms with Crippen molar-refractivity contribution in [2.24, 2.45) is 0 Å². The Morgan fingerprint density at radius 3 is 2.91 bits per heavy atom. The second kappa shape index (κ2) is 9.00. The maximum absolute atomic E-state index is 13.1. The molecule has 2 aromatic heterocycles. The lowest BCUT2D eigenvalue weighted by atomic mass is 10.2. The number of carbonyl (C=O) groups excluding carboxylic acids is 3. The van der Waals surface area contributed by atoms with Crippen molar-refractivity contribution in [1.29, 1.82) is 0 Å². The number of allylic oxidation sites excluding steroid dienone is 1. The van der Waals surface area contributed by atoms with Crippen LogP contribution in [0.15, 0.2) is 28.9 Å². The second-order valence-electron chi connectivity index (χ2n) is 8.96. The summed E-state index contributed by atoms with van der Waals surface area (Å²) < 4.78 is 7.21. The van der Waals surface area contributed by atoms with E-state index in [1.165, 1.54) is 11.8 Å². The van der Waals surface area contributed by atoms with Crippen LogP contribution in [0.2, 0.25) is 0 Å². The van der Waals surface area contributed by atoms with Gasteiger partial charge in [-0.1, -0.05) is 6.08 Å². The summed E-state index contributed by atoms with van der Waals surface area (Å²) in [5.41, 5.74) is 2.19. The molecule has 3 N–H and O–H groups in total. The Kier molecular flexibility index (Phi) is 5.69. The van der Waals surface area contributed by atoms with Crippen molar-refractivity contribution >= 4 is 47.1 Å². The molecule has 4 amide bonds. The summed E-state index contributed by atoms with van der Waals surface area (Å²) in [6.45, 7) is 2.58. The second-order valence-corrected chi connectivity index (χ2v) is 10.2. The first-order chi connectivity index (χ1) is 17.0. The summed E-state index contributed by atoms with van der Waals surface area (Å²) in [6, 6.07) is 1.85. The Bertz CT molecular complexity index is 1270. The smallest absolute Gasteiger partial charge is 0.326 e. The highest BCUT2D eigenvalue weighted by molar-refractivity contribution is 8.04. The molecular weight excluding hydrogens is 470 g/mol. The van der Waals surface area contributed by atoms with E-state index in [9.17, 15) is 14.4 Å². The third-order valence-corrected chi connectivity index (χ3v) is 7.62. The predicted octanol–water partition coefficient (Wildman–Crippen LogP) is 1.79. The molecule has 1 aliphatic carbocycles. The highest BCUT2D eigenvalue weighted by Gasteiger charge is 2.31. The number of amides is 4. The molecule has 0 bridgehead atoms. The number of imide groups is 1. The fourth-order valence-electron chi connectivity index (χ4n) is 4.33. The Morgan fingerprint density at radius 1 is 1.23 bits per heavy atom. The molecule has 0 spiro atoms. The van der Waals surface area contributed by atoms with Crippen molar-refractivity contribution in [3.05, 3.63) is 40.2 Å². The van der Waals surface area contributed by atoms with E-state index in [2.05, 4.69) is 21.0 Å². The Labute approximate surface area is 205 Å². The number of fused-ring (bicyclic) bond motifs is 1. The molecule has 4 aliphatic rings. The van der Waals surface area contributed by atoms with Crippen LogP contribution in [-0.2, 0) is 14.3 Å². The zero-order valence-electron chi connectivity index (χ0n) is 19.0. The van der Waals surface area contributed by atoms with Crippen LogP contribution in [0.5, 0.6) is 0 Å². The minimum absolute atomic E-state index is 0.00758. The van der Waals surface area contributed by atoms with Crippen LogP contribution in [-0.4, -0.2) is 69.7 Å². The van der Waals surface area contributed by atoms with Crippen LogP contribution in [0, 0.1) is 0 Å². The molecule has 182 valence electrons. The molecule has 1 unspecified atom stereocenters. The van der Waals surface area contributed by atoms with Crippen LogP contribution in [0.4, 0.5) is 10.6 Å². The monoisotopic (exact) mass is 495 g/mol. The number of anilines is 1. The molecule has 12 heteroatoms. The highest BCUT2D eigenvalue weighted by Crippen LogP contribution is 2.44. The summed E-state index contributed by atoms with van der Waals surface area (Å²) in [5, 5.41) is 12.7. The summed E-state index contributed by atoms with van der Waals surface area (Å²) in [6.07, 6.45) is 8.95. The van der Waals surface area contributed by atoms with Gasteiger partial charge in [-0.15, -0.1) is 11.8 Å². The van der Waals surface area contributed by atoms with E-state index in [4.69, 9.17) is 9.72 Å². The first-order valence-electron chi connectivity index (χ1n) is 11.8. The topological polar surface area (TPSA) is 130 Å². The molecule has 2 saturated heterocycles. The van der Waals surface area contributed by atoms with Crippen LogP contribution < -0.4 is 16.0 Å². The Hall–Kier alpha value is -3.38. The third-order valence-electron chi connectivity index (χ3n) is 6.30. The molecule has 1 atom stereocenters. The van der Waals surface area contributed by atoms with Gasteiger partial charge in [0, 0.05) is 37.4 Å². The first-order valence-corrected chi connectivity index (χ1v) is 12.7. The lowest BCUT2D eigenvalue weighted by Gasteiger charge is -2.20. The number of thioether (sulfide) groups is 1. The van der Waals surface area contributed by atoms with Gasteiger partial charge in [-0.2, -0.15) is 9.61 Å². The summed E-state index contributed by atoms with van der Waals surface area (Å²) in [7, 11) is 0. The van der Waals surface area contributed by atoms with Gasteiger partial charge in [-0.25, -0.2) is 9.78 Å². The van der Waals surface area contributed by atoms with Crippen molar-refractivity contribution in [3.63, 3.8) is 0 Å². The van der Waals surface area contributed by atoms with Gasteiger partial charge in [0.05, 0.1) is 28.7 Å². The van der Waals surface area contributed by atoms with Crippen molar-refractivity contribution in [1.82, 2.24) is 30.1 Å². The third kappa shape index (κ3) is 4.50. The van der Waals surface area contributed by atoms with Crippen molar-refractivity contribution in [2.75, 3.05) is 31.6 Å². The zero-order chi connectivity index (χ0) is 23.9. The van der Waals surface area contributed by atoms with Crippen molar-refractivity contribution in [2.45, 2.75) is 37.0 Å². The number of rotatable bonds is 5. The van der Waals surface area contributed by atoms with E-state index in [0.717, 1.165) is 35.7 Å². The quantitative estimate of drug-likeness (QED) is 0.423. The van der Waals surface area contributed by atoms with Gasteiger partial charge in [0.1, 0.15) is 11.5 Å². The molecule has 11 nitrogen and oxygen atoms in total. The van der Waals surface area contributed by atoms with E-state index in [-0.39, 0.29) is 16.9 Å². The van der Waals surface area contributed by atoms with Crippen LogP contribution in [0.25, 0.3) is 11.7 Å². The minimum Gasteiger partial charge on any atom is -0.380 e. The first kappa shape index (κ1) is 22.1. The van der Waals surface area contributed by atoms with E-state index in [0.29, 0.717) is 50.0 Å². The molecule has 0 aromatic carbocycles. The van der Waals surface area contributed by atoms with E-state index in [1.54, 1.807) is 16.8 Å². The number of nitrogens with zero attached hydrogens (tertiary/aromatic N) is 4. The standard InChI is InChI=1S/C23H25N7O4S/c31-21-16(27-23(33)28-21)10-13-12-24-30-19(25-14-2-3-14)11-15(26-20(13)30)17-4-5-18(35-17)22(32)29-6-1-8-34-9-7-29/h5,10-12,14,17,25H,1-4,6-9H2,(H2,27,28,31,33)/b16-10-. The summed E-state index contributed by atoms with van der Waals surface area (Å²) >= 11 is 1.54. The SMILES string of the molecule is O=C1NC(=O)/C(=C/c2cnn3c(NC4CC4)cc(C4CC=C(C(=O)N5CCCOCC5)S4)nc23)N1. The molecule has 5 heterocycles. The molecule has 6 rings (SSSR count). The van der Waals surface area contributed by atoms with Gasteiger partial charge >= 0.3 is 6.03 Å². The van der Waals surface area contributed by atoms with Gasteiger partial charge in [0.25, 0.3) is 11.8 Å². The molecule has 1 saturated carbocycles. The van der Waals surface area contributed by atoms with E-state index < -0.39 is 11.9 Å². The molecule has 0 radical (unpaired) electrons. The van der Waals surface area contributed by atoms with Crippen LogP contribution in [0.3, 0.4) is 0 Å². The Morgan fingerprint density at radius 2 is 2.11 bits per heavy atom. The van der Waals surface area contributed by atoms with Crippen LogP contribution in [0.1, 0.15) is 42.2 Å². The number of nitrogens with one attached hydrogen (secondary N) is 3. The number of urea groups is 1. The van der Waals surface area contributed by atoms with E-state index in [1.807, 2.05) is 17.0 Å². The number of aromatic nitrogens is 3. The average Bonchev–Trinajstić information content (AvgIpc) is 3.34. The molecule has 3 fully saturated rings. The van der Waals surface area contributed by atoms with E-state index >= 15 is 0 Å². The highest BCUT2D eigenvalue weighted by atomic mass is 32.2. The lowest BCUT2D eigenvalue weighted by Crippen LogP contribution is -2.33. The zero-order valence-corrected chi connectivity index (χ0v) is 19.8. The number of ether oxygens (including phenoxy) is 1. The fraction of sp³-hybridized carbons (Fsp3) is 0.435. The number of hydrogen-bond acceptors (Lipinski definition) is 8. The molecular formula is C23H25N7O4S. The van der Waals surface area contributed by atoms with Gasteiger partial charge in [-0.3, -0.25) is 14.9 Å². The van der Waals surface area contributed by atoms with Crippen molar-refractivity contribution in [3.8, 4) is 0 Å². The molecule has 2 aromatic rings. The van der Waals surface area contributed by atoms with Gasteiger partial charge in [0.15, 0.2) is 5.65 Å². The summed E-state index contributed by atoms with van der Waals surface area (Å²) in [5.74, 6) is 0.389. The predicted molar refractivity (Wildman–Crippen MR) is 129 cm³/mol. The van der Waals surface area contributed by atoms with Gasteiger partial charge in [0.2, 0.25) is 0 Å². The van der Waals surface area contributed by atoms with Crippen LogP contribution >= 0.6 is 11.8 Å². The molecule has 35 heavy (non-hydrogen) atoms. The van der Waals surface area contributed by atoms with Gasteiger partial charge < -0.3 is 20.3 Å². The average molecular weight is 496 g/mol. The Balaban J connectivity index is 1.29. The number of carbonyl (C=O) groups is 3. The van der Waals surface area contributed by atoms with Crippen molar-refractivity contribution < 1.29 is 19.1 Å². The largest absolute Gasteiger partial charge is 0.380 e.